The number of rotatable bonds is 3. The third kappa shape index (κ3) is 3.28. The number of halogens is 3. The Balaban J connectivity index is 1.79. The predicted octanol–water partition coefficient (Wildman–Crippen LogP) is 1.84. The zero-order valence-corrected chi connectivity index (χ0v) is 14.2. The number of nitrogens with zero attached hydrogens (tertiary/aromatic N) is 2. The number of benzene rings is 1. The van der Waals surface area contributed by atoms with E-state index >= 15 is 0 Å². The highest BCUT2D eigenvalue weighted by Crippen LogP contribution is 2.36. The van der Waals surface area contributed by atoms with E-state index in [-0.39, 0.29) is 32.5 Å². The van der Waals surface area contributed by atoms with Crippen LogP contribution in [0.5, 0.6) is 0 Å². The average Bonchev–Trinajstić information content (AvgIpc) is 2.93. The van der Waals surface area contributed by atoms with E-state index in [1.807, 2.05) is 0 Å². The van der Waals surface area contributed by atoms with Crippen LogP contribution >= 0.6 is 0 Å². The molecule has 1 aromatic rings. The normalized spacial score (nSPS) is 20.5. The Morgan fingerprint density at radius 3 is 2.23 bits per heavy atom. The van der Waals surface area contributed by atoms with E-state index in [0.29, 0.717) is 0 Å². The van der Waals surface area contributed by atoms with E-state index < -0.39 is 44.7 Å². The van der Waals surface area contributed by atoms with Crippen LogP contribution in [-0.2, 0) is 25.7 Å². The Labute approximate surface area is 147 Å². The number of piperidine rings is 1. The number of hydrogen-bond acceptors (Lipinski definition) is 5. The van der Waals surface area contributed by atoms with Crippen molar-refractivity contribution in [1.82, 2.24) is 9.21 Å². The zero-order chi connectivity index (χ0) is 19.1. The van der Waals surface area contributed by atoms with Crippen LogP contribution in [0.15, 0.2) is 29.2 Å². The molecule has 142 valence electrons. The number of alkyl halides is 3. The van der Waals surface area contributed by atoms with Crippen LogP contribution in [0.4, 0.5) is 18.0 Å². The summed E-state index contributed by atoms with van der Waals surface area (Å²) in [4.78, 5) is 23.4. The molecule has 2 aliphatic rings. The first-order valence-corrected chi connectivity index (χ1v) is 9.21. The first-order valence-electron chi connectivity index (χ1n) is 7.77. The van der Waals surface area contributed by atoms with Crippen molar-refractivity contribution < 1.29 is 35.9 Å². The van der Waals surface area contributed by atoms with Gasteiger partial charge in [-0.3, -0.25) is 4.79 Å². The van der Waals surface area contributed by atoms with E-state index in [9.17, 15) is 31.2 Å². The largest absolute Gasteiger partial charge is 0.439 e. The zero-order valence-electron chi connectivity index (χ0n) is 13.4. The molecule has 0 aromatic heterocycles. The summed E-state index contributed by atoms with van der Waals surface area (Å²) in [6.07, 6.45) is -5.31. The van der Waals surface area contributed by atoms with Crippen LogP contribution < -0.4 is 0 Å². The van der Waals surface area contributed by atoms with Crippen molar-refractivity contribution in [3.63, 3.8) is 0 Å². The Hall–Kier alpha value is -2.14. The molecule has 11 heteroatoms. The van der Waals surface area contributed by atoms with Crippen molar-refractivity contribution in [2.24, 2.45) is 0 Å². The lowest BCUT2D eigenvalue weighted by Crippen LogP contribution is -2.48. The number of imide groups is 1. The van der Waals surface area contributed by atoms with Gasteiger partial charge in [-0.15, -0.1) is 0 Å². The van der Waals surface area contributed by atoms with Gasteiger partial charge in [-0.2, -0.15) is 17.5 Å². The van der Waals surface area contributed by atoms with Crippen molar-refractivity contribution in [3.8, 4) is 0 Å². The molecular formula is C15H15F3N2O5S. The number of carbonyl (C=O) groups excluding carboxylic acids is 2. The topological polar surface area (TPSA) is 84.0 Å². The SMILES string of the molecule is O=C1COC(=O)N1C1CCN(S(=O)(=O)c2ccccc2C(F)(F)F)CC1. The molecule has 0 unspecified atom stereocenters. The van der Waals surface area contributed by atoms with E-state index in [1.165, 1.54) is 6.07 Å². The van der Waals surface area contributed by atoms with Gasteiger partial charge in [0.2, 0.25) is 10.0 Å². The van der Waals surface area contributed by atoms with Gasteiger partial charge in [0.15, 0.2) is 6.61 Å². The van der Waals surface area contributed by atoms with Crippen LogP contribution in [0.3, 0.4) is 0 Å². The fourth-order valence-corrected chi connectivity index (χ4v) is 4.80. The summed E-state index contributed by atoms with van der Waals surface area (Å²) < 4.78 is 70.3. The van der Waals surface area contributed by atoms with Gasteiger partial charge in [-0.1, -0.05) is 12.1 Å². The minimum absolute atomic E-state index is 0.101. The van der Waals surface area contributed by atoms with Gasteiger partial charge in [-0.05, 0) is 25.0 Å². The number of hydrogen-bond donors (Lipinski definition) is 0. The minimum Gasteiger partial charge on any atom is -0.439 e. The van der Waals surface area contributed by atoms with Crippen molar-refractivity contribution in [1.29, 1.82) is 0 Å². The maximum absolute atomic E-state index is 13.1. The van der Waals surface area contributed by atoms with E-state index in [4.69, 9.17) is 0 Å². The number of amides is 2. The fourth-order valence-electron chi connectivity index (χ4n) is 3.12. The first kappa shape index (κ1) is 18.6. The van der Waals surface area contributed by atoms with Crippen LogP contribution in [0, 0.1) is 0 Å². The summed E-state index contributed by atoms with van der Waals surface area (Å²) in [5, 5.41) is 0. The first-order chi connectivity index (χ1) is 12.1. The molecule has 0 saturated carbocycles. The Kier molecular flexibility index (Phi) is 4.69. The highest BCUT2D eigenvalue weighted by atomic mass is 32.2. The van der Waals surface area contributed by atoms with Crippen LogP contribution in [-0.4, -0.2) is 55.4 Å². The molecule has 0 aliphatic carbocycles. The van der Waals surface area contributed by atoms with Crippen molar-refractivity contribution in [3.05, 3.63) is 29.8 Å². The van der Waals surface area contributed by atoms with Crippen molar-refractivity contribution in [2.45, 2.75) is 30.0 Å². The van der Waals surface area contributed by atoms with Crippen molar-refractivity contribution >= 4 is 22.0 Å². The Morgan fingerprint density at radius 2 is 1.69 bits per heavy atom. The summed E-state index contributed by atoms with van der Waals surface area (Å²) in [7, 11) is -4.36. The average molecular weight is 392 g/mol. The lowest BCUT2D eigenvalue weighted by molar-refractivity contribution is -0.140. The third-order valence-electron chi connectivity index (χ3n) is 4.38. The van der Waals surface area contributed by atoms with Gasteiger partial charge >= 0.3 is 12.3 Å². The number of cyclic esters (lactones) is 1. The third-order valence-corrected chi connectivity index (χ3v) is 6.34. The van der Waals surface area contributed by atoms with E-state index in [2.05, 4.69) is 4.74 Å². The lowest BCUT2D eigenvalue weighted by Gasteiger charge is -2.34. The molecule has 0 radical (unpaired) electrons. The smallest absolute Gasteiger partial charge is 0.417 e. The van der Waals surface area contributed by atoms with Gasteiger partial charge in [0.25, 0.3) is 5.91 Å². The molecular weight excluding hydrogens is 377 g/mol. The van der Waals surface area contributed by atoms with Crippen LogP contribution in [0.1, 0.15) is 18.4 Å². The molecule has 1 aromatic carbocycles. The minimum atomic E-state index is -4.80. The fraction of sp³-hybridized carbons (Fsp3) is 0.467. The highest BCUT2D eigenvalue weighted by Gasteiger charge is 2.42. The molecule has 2 aliphatic heterocycles. The van der Waals surface area contributed by atoms with Gasteiger partial charge in [0, 0.05) is 19.1 Å². The summed E-state index contributed by atoms with van der Waals surface area (Å²) in [5.41, 5.74) is -1.22. The summed E-state index contributed by atoms with van der Waals surface area (Å²) in [6, 6.07) is 3.47. The monoisotopic (exact) mass is 392 g/mol. The molecule has 0 atom stereocenters. The second kappa shape index (κ2) is 6.54. The summed E-state index contributed by atoms with van der Waals surface area (Å²) in [6.45, 7) is -0.553. The maximum Gasteiger partial charge on any atom is 0.417 e. The van der Waals surface area contributed by atoms with Crippen LogP contribution in [0.25, 0.3) is 0 Å². The molecule has 26 heavy (non-hydrogen) atoms. The summed E-state index contributed by atoms with van der Waals surface area (Å²) in [5.74, 6) is -0.501. The molecule has 2 fully saturated rings. The lowest BCUT2D eigenvalue weighted by atomic mass is 10.1. The number of sulfonamides is 1. The molecule has 0 bridgehead atoms. The quantitative estimate of drug-likeness (QED) is 0.784. The highest BCUT2D eigenvalue weighted by molar-refractivity contribution is 7.89. The molecule has 0 N–H and O–H groups in total. The molecule has 7 nitrogen and oxygen atoms in total. The Morgan fingerprint density at radius 1 is 1.08 bits per heavy atom. The second-order valence-corrected chi connectivity index (χ2v) is 7.85. The van der Waals surface area contributed by atoms with Crippen molar-refractivity contribution in [2.75, 3.05) is 19.7 Å². The van der Waals surface area contributed by atoms with Gasteiger partial charge in [0.1, 0.15) is 0 Å². The molecule has 3 rings (SSSR count). The number of carbonyl (C=O) groups is 2. The summed E-state index contributed by atoms with van der Waals surface area (Å²) >= 11 is 0. The van der Waals surface area contributed by atoms with Gasteiger partial charge in [-0.25, -0.2) is 18.1 Å². The van der Waals surface area contributed by atoms with Crippen LogP contribution in [0.2, 0.25) is 0 Å². The maximum atomic E-state index is 13.1. The standard InChI is InChI=1S/C15H15F3N2O5S/c16-15(17,18)11-3-1-2-4-12(11)26(23,24)19-7-5-10(6-8-19)20-13(21)9-25-14(20)22/h1-4,10H,5-9H2. The second-order valence-electron chi connectivity index (χ2n) is 5.95. The molecule has 2 amide bonds. The van der Waals surface area contributed by atoms with Gasteiger partial charge in [0.05, 0.1) is 10.5 Å². The predicted molar refractivity (Wildman–Crippen MR) is 81.4 cm³/mol. The molecule has 2 saturated heterocycles. The van der Waals surface area contributed by atoms with Gasteiger partial charge < -0.3 is 4.74 Å². The molecule has 2 heterocycles. The number of ether oxygens (including phenoxy) is 1. The molecule has 0 spiro atoms. The Bertz CT molecular complexity index is 816. The van der Waals surface area contributed by atoms with E-state index in [1.54, 1.807) is 0 Å². The van der Waals surface area contributed by atoms with E-state index in [0.717, 1.165) is 27.4 Å².